The molecule has 1 aromatic rings. The van der Waals surface area contributed by atoms with Crippen LogP contribution < -0.4 is 0 Å². The van der Waals surface area contributed by atoms with Gasteiger partial charge in [-0.25, -0.2) is 0 Å². The normalized spacial score (nSPS) is 9.79. The van der Waals surface area contributed by atoms with Gasteiger partial charge in [0.2, 0.25) is 0 Å². The number of aryl methyl sites for hydroxylation is 1. The molecule has 1 aromatic carbocycles. The molecule has 0 atom stereocenters. The van der Waals surface area contributed by atoms with Crippen LogP contribution in [0.4, 0.5) is 0 Å². The summed E-state index contributed by atoms with van der Waals surface area (Å²) in [7, 11) is 0. The van der Waals surface area contributed by atoms with Gasteiger partial charge in [0.1, 0.15) is 6.29 Å². The zero-order valence-corrected chi connectivity index (χ0v) is 8.62. The third kappa shape index (κ3) is 2.84. The third-order valence-corrected chi connectivity index (χ3v) is 2.33. The largest absolute Gasteiger partial charge is 0.303 e. The van der Waals surface area contributed by atoms with E-state index in [2.05, 4.69) is 37.8 Å². The number of hydrogen-bond donors (Lipinski definition) is 0. The maximum atomic E-state index is 10.2. The van der Waals surface area contributed by atoms with Crippen LogP contribution >= 0.6 is 0 Å². The zero-order chi connectivity index (χ0) is 10.4. The Morgan fingerprint density at radius 3 is 2.50 bits per heavy atom. The first-order valence-corrected chi connectivity index (χ1v) is 4.98. The predicted octanol–water partition coefficient (Wildman–Crippen LogP) is 3.24. The quantitative estimate of drug-likeness (QED) is 0.648. The highest BCUT2D eigenvalue weighted by Crippen LogP contribution is 2.17. The predicted molar refractivity (Wildman–Crippen MR) is 60.2 cm³/mol. The monoisotopic (exact) mass is 188 g/mol. The molecule has 0 aliphatic heterocycles. The molecule has 0 fully saturated rings. The van der Waals surface area contributed by atoms with Crippen LogP contribution in [0.5, 0.6) is 0 Å². The highest BCUT2D eigenvalue weighted by molar-refractivity contribution is 5.66. The molecular formula is C13H16O. The molecule has 0 saturated carbocycles. The van der Waals surface area contributed by atoms with Crippen LogP contribution in [-0.4, -0.2) is 6.29 Å². The van der Waals surface area contributed by atoms with Gasteiger partial charge in [-0.2, -0.15) is 0 Å². The molecule has 0 saturated heterocycles. The lowest BCUT2D eigenvalue weighted by atomic mass is 10.0. The molecule has 0 aliphatic rings. The van der Waals surface area contributed by atoms with Crippen LogP contribution in [0.2, 0.25) is 0 Å². The van der Waals surface area contributed by atoms with Gasteiger partial charge in [-0.1, -0.05) is 37.8 Å². The molecule has 0 amide bonds. The molecule has 74 valence electrons. The van der Waals surface area contributed by atoms with E-state index >= 15 is 0 Å². The first kappa shape index (κ1) is 10.7. The van der Waals surface area contributed by atoms with E-state index in [0.29, 0.717) is 6.42 Å². The third-order valence-electron chi connectivity index (χ3n) is 2.33. The summed E-state index contributed by atoms with van der Waals surface area (Å²) in [6.45, 7) is 6.09. The van der Waals surface area contributed by atoms with Crippen molar-refractivity contribution in [3.8, 4) is 0 Å². The van der Waals surface area contributed by atoms with Crippen molar-refractivity contribution < 1.29 is 4.79 Å². The molecule has 0 aromatic heterocycles. The topological polar surface area (TPSA) is 17.1 Å². The maximum absolute atomic E-state index is 10.2. The van der Waals surface area contributed by atoms with Crippen molar-refractivity contribution in [2.75, 3.05) is 0 Å². The van der Waals surface area contributed by atoms with Crippen LogP contribution in [0.3, 0.4) is 0 Å². The van der Waals surface area contributed by atoms with Crippen molar-refractivity contribution in [1.82, 2.24) is 0 Å². The number of hydrogen-bond acceptors (Lipinski definition) is 1. The van der Waals surface area contributed by atoms with E-state index in [1.807, 2.05) is 0 Å². The van der Waals surface area contributed by atoms with E-state index < -0.39 is 0 Å². The van der Waals surface area contributed by atoms with Crippen LogP contribution in [0.15, 0.2) is 30.8 Å². The van der Waals surface area contributed by atoms with E-state index in [1.165, 1.54) is 5.56 Å². The Labute approximate surface area is 85.5 Å². The smallest absolute Gasteiger partial charge is 0.120 e. The molecule has 0 spiro atoms. The second-order valence-electron chi connectivity index (χ2n) is 3.36. The van der Waals surface area contributed by atoms with Crippen LogP contribution in [0.25, 0.3) is 5.57 Å². The van der Waals surface area contributed by atoms with E-state index in [9.17, 15) is 4.79 Å². The zero-order valence-electron chi connectivity index (χ0n) is 8.62. The number of rotatable bonds is 5. The molecule has 1 heteroatoms. The number of allylic oxidation sites excluding steroid dienone is 1. The summed E-state index contributed by atoms with van der Waals surface area (Å²) in [6, 6.07) is 8.38. The van der Waals surface area contributed by atoms with Gasteiger partial charge in [-0.15, -0.1) is 0 Å². The molecular weight excluding hydrogens is 172 g/mol. The van der Waals surface area contributed by atoms with Gasteiger partial charge < -0.3 is 4.79 Å². The van der Waals surface area contributed by atoms with Crippen LogP contribution in [-0.2, 0) is 11.2 Å². The summed E-state index contributed by atoms with van der Waals surface area (Å²) in [4.78, 5) is 10.2. The summed E-state index contributed by atoms with van der Waals surface area (Å²) < 4.78 is 0. The second-order valence-corrected chi connectivity index (χ2v) is 3.36. The van der Waals surface area contributed by atoms with Crippen molar-refractivity contribution in [3.05, 3.63) is 42.0 Å². The lowest BCUT2D eigenvalue weighted by molar-refractivity contribution is -0.107. The van der Waals surface area contributed by atoms with Gasteiger partial charge in [0.15, 0.2) is 0 Å². The minimum Gasteiger partial charge on any atom is -0.303 e. The van der Waals surface area contributed by atoms with Crippen molar-refractivity contribution in [2.24, 2.45) is 0 Å². The van der Waals surface area contributed by atoms with Gasteiger partial charge in [-0.05, 0) is 29.5 Å². The van der Waals surface area contributed by atoms with E-state index in [1.54, 1.807) is 0 Å². The maximum Gasteiger partial charge on any atom is 0.120 e. The molecule has 0 radical (unpaired) electrons. The fraction of sp³-hybridized carbons (Fsp3) is 0.308. The van der Waals surface area contributed by atoms with Crippen molar-refractivity contribution in [1.29, 1.82) is 0 Å². The molecule has 1 nitrogen and oxygen atoms in total. The average Bonchev–Trinajstić information content (AvgIpc) is 2.26. The minimum atomic E-state index is 0.564. The fourth-order valence-corrected chi connectivity index (χ4v) is 1.35. The number of aldehydes is 1. The Balaban J connectivity index is 2.66. The lowest BCUT2D eigenvalue weighted by Gasteiger charge is -2.04. The Bertz CT molecular complexity index is 309. The van der Waals surface area contributed by atoms with Gasteiger partial charge in [-0.3, -0.25) is 0 Å². The van der Waals surface area contributed by atoms with Gasteiger partial charge in [0.05, 0.1) is 0 Å². The average molecular weight is 188 g/mol. The summed E-state index contributed by atoms with van der Waals surface area (Å²) in [5, 5.41) is 0. The van der Waals surface area contributed by atoms with E-state index in [0.717, 1.165) is 30.3 Å². The van der Waals surface area contributed by atoms with Crippen molar-refractivity contribution >= 4 is 11.9 Å². The molecule has 14 heavy (non-hydrogen) atoms. The van der Waals surface area contributed by atoms with Crippen LogP contribution in [0.1, 0.15) is 30.9 Å². The number of carbonyl (C=O) groups excluding carboxylic acids is 1. The Hall–Kier alpha value is -1.37. The van der Waals surface area contributed by atoms with Gasteiger partial charge in [0, 0.05) is 6.42 Å². The van der Waals surface area contributed by atoms with Gasteiger partial charge in [0.25, 0.3) is 0 Å². The summed E-state index contributed by atoms with van der Waals surface area (Å²) in [6.07, 6.45) is 3.32. The van der Waals surface area contributed by atoms with E-state index in [-0.39, 0.29) is 0 Å². The van der Waals surface area contributed by atoms with E-state index in [4.69, 9.17) is 0 Å². The molecule has 0 bridgehead atoms. The highest BCUT2D eigenvalue weighted by atomic mass is 16.1. The van der Waals surface area contributed by atoms with Gasteiger partial charge >= 0.3 is 0 Å². The van der Waals surface area contributed by atoms with Crippen molar-refractivity contribution in [3.63, 3.8) is 0 Å². The summed E-state index contributed by atoms with van der Waals surface area (Å²) >= 11 is 0. The molecule has 0 heterocycles. The molecule has 0 aliphatic carbocycles. The van der Waals surface area contributed by atoms with Crippen molar-refractivity contribution in [2.45, 2.75) is 26.2 Å². The summed E-state index contributed by atoms with van der Waals surface area (Å²) in [5.41, 5.74) is 3.51. The standard InChI is InChI=1S/C13H16O/c1-3-12-6-8-13(9-7-12)11(2)5-4-10-14/h6-10H,2-5H2,1H3. The molecule has 0 N–H and O–H groups in total. The first-order valence-electron chi connectivity index (χ1n) is 4.98. The Morgan fingerprint density at radius 1 is 1.36 bits per heavy atom. The lowest BCUT2D eigenvalue weighted by Crippen LogP contribution is -1.86. The SMILES string of the molecule is C=C(CCC=O)c1ccc(CC)cc1. The number of carbonyl (C=O) groups is 1. The highest BCUT2D eigenvalue weighted by Gasteiger charge is 1.98. The second kappa shape index (κ2) is 5.38. The Kier molecular flexibility index (Phi) is 4.11. The summed E-state index contributed by atoms with van der Waals surface area (Å²) in [5.74, 6) is 0. The van der Waals surface area contributed by atoms with Crippen LogP contribution in [0, 0.1) is 0 Å². The fourth-order valence-electron chi connectivity index (χ4n) is 1.35. The molecule has 1 rings (SSSR count). The number of benzene rings is 1. The first-order chi connectivity index (χ1) is 6.77. The minimum absolute atomic E-state index is 0.564. The Morgan fingerprint density at radius 2 is 2.00 bits per heavy atom. The molecule has 0 unspecified atom stereocenters.